The van der Waals surface area contributed by atoms with Gasteiger partial charge in [0.15, 0.2) is 0 Å². The third kappa shape index (κ3) is 13.2. The van der Waals surface area contributed by atoms with Crippen LogP contribution in [0.4, 0.5) is 24.5 Å². The first-order valence-corrected chi connectivity index (χ1v) is 23.3. The van der Waals surface area contributed by atoms with Gasteiger partial charge in [-0.15, -0.1) is 0 Å². The van der Waals surface area contributed by atoms with Crippen LogP contribution in [-0.4, -0.2) is 69.6 Å². The number of benzene rings is 4. The molecule has 4 aromatic carbocycles. The van der Waals surface area contributed by atoms with Gasteiger partial charge in [0.2, 0.25) is 0 Å². The molecule has 10 nitrogen and oxygen atoms in total. The number of hydrogen-bond acceptors (Lipinski definition) is 6. The second-order valence-corrected chi connectivity index (χ2v) is 17.7. The van der Waals surface area contributed by atoms with Crippen molar-refractivity contribution in [2.45, 2.75) is 65.0 Å². The first-order chi connectivity index (χ1) is 32.7. The fraction of sp³-hybridized carbons (Fsp3) is 0.296. The number of amides is 4. The van der Waals surface area contributed by atoms with Crippen molar-refractivity contribution < 1.29 is 32.3 Å². The Morgan fingerprint density at radius 2 is 1.06 bits per heavy atom. The number of carbonyl (C=O) groups is 4. The number of aromatic nitrogens is 2. The molecule has 0 unspecified atom stereocenters. The van der Waals surface area contributed by atoms with E-state index in [-0.39, 0.29) is 23.3 Å². The van der Waals surface area contributed by atoms with Gasteiger partial charge in [-0.3, -0.25) is 24.2 Å². The zero-order valence-corrected chi connectivity index (χ0v) is 38.8. The second-order valence-electron chi connectivity index (χ2n) is 17.3. The average molecular weight is 944 g/mol. The van der Waals surface area contributed by atoms with E-state index in [2.05, 4.69) is 57.0 Å². The van der Waals surface area contributed by atoms with Crippen molar-refractivity contribution in [1.29, 1.82) is 0 Å². The van der Waals surface area contributed by atoms with Crippen LogP contribution in [0.15, 0.2) is 134 Å². The van der Waals surface area contributed by atoms with Crippen molar-refractivity contribution in [1.82, 2.24) is 19.8 Å². The first kappa shape index (κ1) is 49.1. The van der Waals surface area contributed by atoms with E-state index in [0.717, 1.165) is 87.5 Å². The van der Waals surface area contributed by atoms with Gasteiger partial charge in [0.05, 0.1) is 11.1 Å². The van der Waals surface area contributed by atoms with E-state index in [9.17, 15) is 32.3 Å². The summed E-state index contributed by atoms with van der Waals surface area (Å²) < 4.78 is 38.1. The molecule has 6 aromatic rings. The van der Waals surface area contributed by atoms with E-state index in [1.807, 2.05) is 53.1 Å². The number of likely N-dealkylation sites (tertiary alicyclic amines) is 2. The molecule has 0 spiro atoms. The highest BCUT2D eigenvalue weighted by atomic mass is 35.5. The number of alkyl halides is 3. The maximum absolute atomic E-state index is 13.2. The Morgan fingerprint density at radius 1 is 0.603 bits per heavy atom. The molecule has 2 aliphatic heterocycles. The van der Waals surface area contributed by atoms with Crippen LogP contribution in [0.2, 0.25) is 5.15 Å². The van der Waals surface area contributed by atoms with E-state index >= 15 is 0 Å². The van der Waals surface area contributed by atoms with E-state index in [1.165, 1.54) is 17.3 Å². The van der Waals surface area contributed by atoms with Crippen molar-refractivity contribution in [3.8, 4) is 0 Å². The number of anilines is 2. The molecule has 2 aromatic heterocycles. The fourth-order valence-corrected chi connectivity index (χ4v) is 8.67. The molecule has 8 rings (SSSR count). The minimum absolute atomic E-state index is 0.00498. The third-order valence-corrected chi connectivity index (χ3v) is 12.8. The summed E-state index contributed by atoms with van der Waals surface area (Å²) in [5.74, 6) is 0.170. The standard InChI is InChI=1S/C27H28ClN3O2.C27H26F3N3O2/c1-2-21-8-9-22(17-24(21)30-26(32)23-10-11-25(28)29-18-23)27(33)31-14-12-20(13-15-31)16-19-6-4-3-5-7-19;1-18-7-8-21(16-23(18)32-25(34)22-9-10-24(31-17-22)27(28,29)30)26(35)33-13-11-20(12-14-33)15-19-5-3-2-4-6-19/h3-11,17-18,20H,2,12-16H2,1H3,(H,30,32);2-10,16-17,20H,11-15H2,1H3,(H,32,34). The molecule has 2 N–H and O–H groups in total. The number of aryl methyl sites for hydroxylation is 2. The Balaban J connectivity index is 0.000000202. The van der Waals surface area contributed by atoms with Crippen molar-refractivity contribution in [2.24, 2.45) is 11.8 Å². The van der Waals surface area contributed by atoms with Gasteiger partial charge in [0, 0.05) is 61.1 Å². The average Bonchev–Trinajstić information content (AvgIpc) is 3.35. The molecular weight excluding hydrogens is 889 g/mol. The summed E-state index contributed by atoms with van der Waals surface area (Å²) in [6, 6.07) is 36.6. The topological polar surface area (TPSA) is 125 Å². The molecule has 2 fully saturated rings. The summed E-state index contributed by atoms with van der Waals surface area (Å²) in [7, 11) is 0. The second kappa shape index (κ2) is 22.8. The van der Waals surface area contributed by atoms with Crippen LogP contribution in [0.5, 0.6) is 0 Å². The van der Waals surface area contributed by atoms with E-state index in [4.69, 9.17) is 11.6 Å². The summed E-state index contributed by atoms with van der Waals surface area (Å²) in [5.41, 5.74) is 5.85. The van der Waals surface area contributed by atoms with Gasteiger partial charge in [-0.25, -0.2) is 4.98 Å². The predicted octanol–water partition coefficient (Wildman–Crippen LogP) is 11.4. The SMILES string of the molecule is CCc1ccc(C(=O)N2CCC(Cc3ccccc3)CC2)cc1NC(=O)c1ccc(Cl)nc1.Cc1ccc(C(=O)N2CCC(Cc3ccccc3)CC2)cc1NC(=O)c1ccc(C(F)(F)F)nc1. The molecule has 2 saturated heterocycles. The van der Waals surface area contributed by atoms with Gasteiger partial charge in [-0.1, -0.05) is 91.3 Å². The molecule has 352 valence electrons. The third-order valence-electron chi connectivity index (χ3n) is 12.6. The molecule has 0 bridgehead atoms. The largest absolute Gasteiger partial charge is 0.433 e. The molecule has 4 heterocycles. The van der Waals surface area contributed by atoms with Gasteiger partial charge in [0.25, 0.3) is 23.6 Å². The van der Waals surface area contributed by atoms with Gasteiger partial charge in [-0.2, -0.15) is 13.2 Å². The smallest absolute Gasteiger partial charge is 0.339 e. The zero-order valence-electron chi connectivity index (χ0n) is 38.1. The minimum atomic E-state index is -4.57. The Morgan fingerprint density at radius 3 is 1.51 bits per heavy atom. The predicted molar refractivity (Wildman–Crippen MR) is 259 cm³/mol. The van der Waals surface area contributed by atoms with Crippen molar-refractivity contribution in [2.75, 3.05) is 36.8 Å². The Kier molecular flexibility index (Phi) is 16.4. The lowest BCUT2D eigenvalue weighted by Crippen LogP contribution is -2.39. The quantitative estimate of drug-likeness (QED) is 0.125. The van der Waals surface area contributed by atoms with Crippen LogP contribution >= 0.6 is 11.6 Å². The van der Waals surface area contributed by atoms with Gasteiger partial charge in [-0.05, 0) is 134 Å². The number of carbonyl (C=O) groups excluding carboxylic acids is 4. The summed E-state index contributed by atoms with van der Waals surface area (Å²) in [5, 5.41) is 5.96. The molecule has 0 radical (unpaired) electrons. The summed E-state index contributed by atoms with van der Waals surface area (Å²) in [4.78, 5) is 62.6. The first-order valence-electron chi connectivity index (χ1n) is 22.9. The lowest BCUT2D eigenvalue weighted by atomic mass is 9.90. The van der Waals surface area contributed by atoms with Gasteiger partial charge in [0.1, 0.15) is 10.8 Å². The molecule has 0 saturated carbocycles. The summed E-state index contributed by atoms with van der Waals surface area (Å²) >= 11 is 5.82. The van der Waals surface area contributed by atoms with E-state index in [1.54, 1.807) is 43.3 Å². The zero-order chi connectivity index (χ0) is 48.2. The van der Waals surface area contributed by atoms with E-state index in [0.29, 0.717) is 58.1 Å². The van der Waals surface area contributed by atoms with Crippen LogP contribution in [0.25, 0.3) is 0 Å². The molecular formula is C54H54ClF3N6O4. The number of nitrogens with zero attached hydrogens (tertiary/aromatic N) is 4. The highest BCUT2D eigenvalue weighted by Gasteiger charge is 2.32. The minimum Gasteiger partial charge on any atom is -0.339 e. The van der Waals surface area contributed by atoms with Gasteiger partial charge < -0.3 is 20.4 Å². The van der Waals surface area contributed by atoms with Crippen LogP contribution < -0.4 is 10.6 Å². The summed E-state index contributed by atoms with van der Waals surface area (Å²) in [6.45, 7) is 6.65. The molecule has 0 aliphatic carbocycles. The van der Waals surface area contributed by atoms with Crippen molar-refractivity contribution in [3.63, 3.8) is 0 Å². The van der Waals surface area contributed by atoms with E-state index < -0.39 is 17.8 Å². The molecule has 14 heteroatoms. The maximum Gasteiger partial charge on any atom is 0.433 e. The molecule has 2 aliphatic rings. The molecule has 4 amide bonds. The number of nitrogens with one attached hydrogen (secondary N) is 2. The number of hydrogen-bond donors (Lipinski definition) is 2. The molecule has 68 heavy (non-hydrogen) atoms. The number of piperidine rings is 2. The van der Waals surface area contributed by atoms with Crippen LogP contribution in [0, 0.1) is 18.8 Å². The lowest BCUT2D eigenvalue weighted by Gasteiger charge is -2.32. The van der Waals surface area contributed by atoms with Crippen molar-refractivity contribution >= 4 is 46.6 Å². The number of pyridine rings is 2. The monoisotopic (exact) mass is 942 g/mol. The van der Waals surface area contributed by atoms with Gasteiger partial charge >= 0.3 is 6.18 Å². The number of rotatable bonds is 11. The fourth-order valence-electron chi connectivity index (χ4n) is 8.56. The Labute approximate surface area is 400 Å². The highest BCUT2D eigenvalue weighted by molar-refractivity contribution is 6.29. The van der Waals surface area contributed by atoms with Crippen molar-refractivity contribution in [3.05, 3.63) is 189 Å². The molecule has 0 atom stereocenters. The highest BCUT2D eigenvalue weighted by Crippen LogP contribution is 2.29. The van der Waals surface area contributed by atoms with Crippen LogP contribution in [0.1, 0.15) is 102 Å². The Hall–Kier alpha value is -6.86. The van der Waals surface area contributed by atoms with Crippen LogP contribution in [-0.2, 0) is 25.4 Å². The number of halogens is 4. The maximum atomic E-state index is 13.2. The lowest BCUT2D eigenvalue weighted by molar-refractivity contribution is -0.141. The summed E-state index contributed by atoms with van der Waals surface area (Å²) in [6.07, 6.45) is 4.42. The van der Waals surface area contributed by atoms with Crippen LogP contribution in [0.3, 0.4) is 0 Å². The Bertz CT molecular complexity index is 2670. The normalized spacial score (nSPS) is 14.4.